The Kier molecular flexibility index (Phi) is 36.6. The highest BCUT2D eigenvalue weighted by molar-refractivity contribution is 5.45. The Morgan fingerprint density at radius 1 is 0.256 bits per heavy atom. The van der Waals surface area contributed by atoms with Gasteiger partial charge in [0, 0.05) is 39.3 Å². The van der Waals surface area contributed by atoms with Crippen molar-refractivity contribution < 1.29 is 66.3 Å². The molecule has 0 saturated heterocycles. The molecule has 4 aromatic carbocycles. The Balaban J connectivity index is 1.25. The first-order chi connectivity index (χ1) is 41.3. The second kappa shape index (κ2) is 42.5. The Morgan fingerprint density at radius 2 is 0.477 bits per heavy atom. The van der Waals surface area contributed by atoms with Gasteiger partial charge in [-0.3, -0.25) is 9.80 Å². The third-order valence-corrected chi connectivity index (χ3v) is 14.4. The maximum absolute atomic E-state index is 6.32. The molecule has 0 amide bonds. The van der Waals surface area contributed by atoms with E-state index in [-0.39, 0.29) is 24.4 Å². The van der Waals surface area contributed by atoms with Crippen LogP contribution in [0.15, 0.2) is 48.5 Å². The predicted molar refractivity (Wildman–Crippen MR) is 344 cm³/mol. The maximum Gasteiger partial charge on any atom is 0.125 e. The van der Waals surface area contributed by atoms with Crippen LogP contribution >= 0.6 is 0 Å². The van der Waals surface area contributed by atoms with Gasteiger partial charge in [0.1, 0.15) is 49.4 Å². The standard InChI is InChI=1S/C70H112N2O14/c1-51-39-55(5)67(56(6)40-51)83-33-29-75-27-31-79-63(13)47-71(19-21-73-23-25-77-49-65(15)81-35-37-85-69-59(9)43-53(3)44-60(69)10)17-18-72(48-64(14)80-32-28-76-30-34-84-68-57(7)41-52(2)42-58(68)8)20-22-74-24-26-78-50-66(16)82-36-38-86-70-61(11)45-54(4)46-62(70)12/h39-46,63-66H,17-38,47-50H2,1-16H3. The van der Waals surface area contributed by atoms with E-state index in [1.54, 1.807) is 0 Å². The summed E-state index contributed by atoms with van der Waals surface area (Å²) in [7, 11) is 0. The van der Waals surface area contributed by atoms with Gasteiger partial charge in [-0.2, -0.15) is 0 Å². The first-order valence-corrected chi connectivity index (χ1v) is 31.5. The monoisotopic (exact) mass is 1200 g/mol. The van der Waals surface area contributed by atoms with Gasteiger partial charge in [0.2, 0.25) is 0 Å². The summed E-state index contributed by atoms with van der Waals surface area (Å²) in [5, 5.41) is 0. The number of benzene rings is 4. The van der Waals surface area contributed by atoms with Crippen molar-refractivity contribution in [3.8, 4) is 23.0 Å². The van der Waals surface area contributed by atoms with E-state index in [1.807, 2.05) is 13.8 Å². The third kappa shape index (κ3) is 30.7. The number of rotatable bonds is 49. The molecule has 0 saturated carbocycles. The fourth-order valence-electron chi connectivity index (χ4n) is 10.7. The largest absolute Gasteiger partial charge is 0.491 e. The molecule has 0 aliphatic heterocycles. The third-order valence-electron chi connectivity index (χ3n) is 14.4. The molecule has 0 aliphatic rings. The summed E-state index contributed by atoms with van der Waals surface area (Å²) in [6.45, 7) is 47.5. The van der Waals surface area contributed by atoms with E-state index in [0.29, 0.717) is 132 Å². The van der Waals surface area contributed by atoms with Gasteiger partial charge in [-0.05, 0) is 155 Å². The van der Waals surface area contributed by atoms with Gasteiger partial charge in [-0.15, -0.1) is 0 Å². The summed E-state index contributed by atoms with van der Waals surface area (Å²) in [4.78, 5) is 4.82. The average molecular weight is 1210 g/mol. The van der Waals surface area contributed by atoms with Crippen molar-refractivity contribution in [2.24, 2.45) is 0 Å². The molecule has 0 aliphatic carbocycles. The van der Waals surface area contributed by atoms with Gasteiger partial charge in [0.25, 0.3) is 0 Å². The molecule has 86 heavy (non-hydrogen) atoms. The number of ether oxygens (including phenoxy) is 14. The lowest BCUT2D eigenvalue weighted by atomic mass is 10.1. The van der Waals surface area contributed by atoms with Crippen LogP contribution < -0.4 is 18.9 Å². The minimum absolute atomic E-state index is 0.0455. The van der Waals surface area contributed by atoms with Crippen LogP contribution in [0.2, 0.25) is 0 Å². The van der Waals surface area contributed by atoms with Crippen LogP contribution in [0.1, 0.15) is 94.5 Å². The molecule has 4 unspecified atom stereocenters. The zero-order chi connectivity index (χ0) is 62.6. The Labute approximate surface area is 518 Å². The lowest BCUT2D eigenvalue weighted by Crippen LogP contribution is -2.43. The summed E-state index contributed by atoms with van der Waals surface area (Å²) in [6.07, 6.45) is -0.233. The minimum atomic E-state index is -0.0713. The summed E-state index contributed by atoms with van der Waals surface area (Å²) in [5.74, 6) is 3.73. The molecule has 486 valence electrons. The molecule has 0 fully saturated rings. The fraction of sp³-hybridized carbons (Fsp3) is 0.657. The Morgan fingerprint density at radius 3 is 0.779 bits per heavy atom. The lowest BCUT2D eigenvalue weighted by molar-refractivity contribution is -0.0359. The van der Waals surface area contributed by atoms with Crippen LogP contribution in [0, 0.1) is 83.1 Å². The normalized spacial score (nSPS) is 13.2. The van der Waals surface area contributed by atoms with Gasteiger partial charge >= 0.3 is 0 Å². The van der Waals surface area contributed by atoms with Crippen LogP contribution in [0.3, 0.4) is 0 Å². The molecule has 4 aromatic rings. The second-order valence-electron chi connectivity index (χ2n) is 23.2. The number of hydrogen-bond acceptors (Lipinski definition) is 16. The predicted octanol–water partition coefficient (Wildman–Crippen LogP) is 11.3. The van der Waals surface area contributed by atoms with Crippen LogP contribution in [0.5, 0.6) is 23.0 Å². The van der Waals surface area contributed by atoms with Gasteiger partial charge < -0.3 is 66.3 Å². The van der Waals surface area contributed by atoms with Crippen molar-refractivity contribution in [3.63, 3.8) is 0 Å². The highest BCUT2D eigenvalue weighted by Crippen LogP contribution is 2.27. The van der Waals surface area contributed by atoms with Crippen molar-refractivity contribution in [1.82, 2.24) is 9.80 Å². The summed E-state index contributed by atoms with van der Waals surface area (Å²) in [5.41, 5.74) is 14.0. The summed E-state index contributed by atoms with van der Waals surface area (Å²) < 4.78 is 85.0. The molecule has 16 nitrogen and oxygen atoms in total. The number of hydrogen-bond donors (Lipinski definition) is 0. The first-order valence-electron chi connectivity index (χ1n) is 31.5. The molecule has 0 radical (unpaired) electrons. The number of aryl methyl sites for hydroxylation is 12. The van der Waals surface area contributed by atoms with E-state index in [1.165, 1.54) is 22.3 Å². The van der Waals surface area contributed by atoms with Crippen molar-refractivity contribution in [2.45, 2.75) is 135 Å². The molecular weight excluding hydrogens is 1090 g/mol. The molecule has 16 heteroatoms. The Hall–Kier alpha value is -4.40. The van der Waals surface area contributed by atoms with E-state index in [2.05, 4.69) is 155 Å². The molecule has 0 heterocycles. The molecular formula is C70H112N2O14. The van der Waals surface area contributed by atoms with E-state index in [4.69, 9.17) is 66.3 Å². The zero-order valence-corrected chi connectivity index (χ0v) is 55.9. The first kappa shape index (κ1) is 74.1. The summed E-state index contributed by atoms with van der Waals surface area (Å²) >= 11 is 0. The van der Waals surface area contributed by atoms with E-state index < -0.39 is 0 Å². The fourth-order valence-corrected chi connectivity index (χ4v) is 10.7. The molecule has 0 spiro atoms. The van der Waals surface area contributed by atoms with E-state index >= 15 is 0 Å². The second-order valence-corrected chi connectivity index (χ2v) is 23.2. The van der Waals surface area contributed by atoms with Gasteiger partial charge in [-0.25, -0.2) is 0 Å². The average Bonchev–Trinajstić information content (AvgIpc) is 3.56. The van der Waals surface area contributed by atoms with Gasteiger partial charge in [0.05, 0.1) is 130 Å². The van der Waals surface area contributed by atoms with Crippen molar-refractivity contribution in [2.75, 3.05) is 171 Å². The van der Waals surface area contributed by atoms with Crippen molar-refractivity contribution in [1.29, 1.82) is 0 Å². The molecule has 4 atom stereocenters. The quantitative estimate of drug-likeness (QED) is 0.0388. The highest BCUT2D eigenvalue weighted by Gasteiger charge is 2.17. The molecule has 4 rings (SSSR count). The van der Waals surface area contributed by atoms with Crippen LogP contribution in [-0.2, 0) is 47.4 Å². The van der Waals surface area contributed by atoms with Crippen molar-refractivity contribution in [3.05, 3.63) is 115 Å². The van der Waals surface area contributed by atoms with Gasteiger partial charge in [0.15, 0.2) is 0 Å². The molecule has 0 N–H and O–H groups in total. The minimum Gasteiger partial charge on any atom is -0.491 e. The van der Waals surface area contributed by atoms with Crippen LogP contribution in [-0.4, -0.2) is 206 Å². The molecule has 0 bridgehead atoms. The van der Waals surface area contributed by atoms with Crippen LogP contribution in [0.25, 0.3) is 0 Å². The maximum atomic E-state index is 6.32. The summed E-state index contributed by atoms with van der Waals surface area (Å²) in [6, 6.07) is 17.1. The topological polar surface area (TPSA) is 136 Å². The smallest absolute Gasteiger partial charge is 0.125 e. The zero-order valence-electron chi connectivity index (χ0n) is 55.9. The van der Waals surface area contributed by atoms with Crippen molar-refractivity contribution >= 4 is 0 Å². The van der Waals surface area contributed by atoms with Gasteiger partial charge in [-0.1, -0.05) is 70.8 Å². The Bertz CT molecular complexity index is 2230. The van der Waals surface area contributed by atoms with E-state index in [9.17, 15) is 0 Å². The van der Waals surface area contributed by atoms with E-state index in [0.717, 1.165) is 107 Å². The number of nitrogens with zero attached hydrogens (tertiary/aromatic N) is 2. The van der Waals surface area contributed by atoms with Crippen LogP contribution in [0.4, 0.5) is 0 Å². The molecule has 0 aromatic heterocycles. The highest BCUT2D eigenvalue weighted by atomic mass is 16.6. The lowest BCUT2D eigenvalue weighted by Gasteiger charge is -2.31. The SMILES string of the molecule is Cc1cc(C)c(OCCOCCOC(C)CN(CCOCCOCC(C)OCCOc2c(C)cc(C)cc2C)CCN(CCOCCOCC(C)OCCOc2c(C)cc(C)cc2C)CC(C)OCCOCCOc2c(C)cc(C)cc2C)c(C)c1.